The first-order valence-electron chi connectivity index (χ1n) is 10.2. The van der Waals surface area contributed by atoms with Gasteiger partial charge in [0.2, 0.25) is 0 Å². The normalized spacial score (nSPS) is 15.1. The highest BCUT2D eigenvalue weighted by Crippen LogP contribution is 2.38. The molecule has 4 rings (SSSR count). The predicted molar refractivity (Wildman–Crippen MR) is 121 cm³/mol. The molecule has 1 aliphatic rings. The summed E-state index contributed by atoms with van der Waals surface area (Å²) in [4.78, 5) is 14.1. The topological polar surface area (TPSA) is 84.1 Å². The maximum absolute atomic E-state index is 13.1. The van der Waals surface area contributed by atoms with Crippen molar-refractivity contribution in [2.75, 3.05) is 13.7 Å². The highest BCUT2D eigenvalue weighted by atomic mass is 32.1. The molecule has 0 saturated carbocycles. The number of ether oxygens (including phenoxy) is 3. The van der Waals surface area contributed by atoms with Crippen LogP contribution in [0.4, 0.5) is 8.78 Å². The average Bonchev–Trinajstić information content (AvgIpc) is 3.53. The minimum atomic E-state index is -2.99. The number of hydrazone groups is 1. The lowest BCUT2D eigenvalue weighted by atomic mass is 10.0. The maximum Gasteiger partial charge on any atom is 0.387 e. The molecule has 34 heavy (non-hydrogen) atoms. The van der Waals surface area contributed by atoms with Crippen molar-refractivity contribution in [2.24, 2.45) is 5.10 Å². The zero-order chi connectivity index (χ0) is 24.1. The number of nitriles is 1. The minimum absolute atomic E-state index is 0.104. The summed E-state index contributed by atoms with van der Waals surface area (Å²) in [5.41, 5.74) is 1.67. The van der Waals surface area contributed by atoms with Crippen molar-refractivity contribution in [3.8, 4) is 23.3 Å². The Morgan fingerprint density at radius 2 is 2.03 bits per heavy atom. The molecule has 1 aromatic heterocycles. The SMILES string of the molecule is COc1cc(C2CC(c3cccs3)=NN2C(=O)COc2ccccc2C#N)ccc1OC(F)F. The van der Waals surface area contributed by atoms with Gasteiger partial charge in [-0.1, -0.05) is 24.3 Å². The zero-order valence-electron chi connectivity index (χ0n) is 18.0. The summed E-state index contributed by atoms with van der Waals surface area (Å²) < 4.78 is 40.8. The van der Waals surface area contributed by atoms with Gasteiger partial charge in [0, 0.05) is 6.42 Å². The number of alkyl halides is 2. The van der Waals surface area contributed by atoms with Gasteiger partial charge in [-0.15, -0.1) is 11.3 Å². The number of carbonyl (C=O) groups excluding carboxylic acids is 1. The Balaban J connectivity index is 1.61. The number of hydrogen-bond acceptors (Lipinski definition) is 7. The molecule has 174 valence electrons. The number of methoxy groups -OCH3 is 1. The number of para-hydroxylation sites is 1. The summed E-state index contributed by atoms with van der Waals surface area (Å²) in [6, 6.07) is 16.5. The first kappa shape index (κ1) is 23.2. The molecule has 1 atom stereocenters. The molecule has 0 radical (unpaired) electrons. The van der Waals surface area contributed by atoms with E-state index in [1.54, 1.807) is 36.4 Å². The van der Waals surface area contributed by atoms with Crippen LogP contribution in [-0.4, -0.2) is 37.0 Å². The van der Waals surface area contributed by atoms with Crippen LogP contribution in [-0.2, 0) is 4.79 Å². The molecule has 10 heteroatoms. The summed E-state index contributed by atoms with van der Waals surface area (Å²) in [6.45, 7) is -3.33. The Labute approximate surface area is 198 Å². The number of hydrogen-bond donors (Lipinski definition) is 0. The summed E-state index contributed by atoms with van der Waals surface area (Å²) in [5, 5.41) is 17.0. The van der Waals surface area contributed by atoms with Gasteiger partial charge < -0.3 is 14.2 Å². The molecule has 1 amide bonds. The van der Waals surface area contributed by atoms with E-state index in [2.05, 4.69) is 9.84 Å². The van der Waals surface area contributed by atoms with Crippen LogP contribution in [0.3, 0.4) is 0 Å². The lowest BCUT2D eigenvalue weighted by Crippen LogP contribution is -2.31. The second-order valence-corrected chi connectivity index (χ2v) is 8.12. The number of benzene rings is 2. The van der Waals surface area contributed by atoms with E-state index >= 15 is 0 Å². The molecule has 2 aromatic carbocycles. The average molecular weight is 483 g/mol. The number of halogens is 2. The maximum atomic E-state index is 13.1. The molecule has 1 unspecified atom stereocenters. The van der Waals surface area contributed by atoms with Crippen LogP contribution in [0.15, 0.2) is 65.1 Å². The summed E-state index contributed by atoms with van der Waals surface area (Å²) in [6.07, 6.45) is 0.416. The minimum Gasteiger partial charge on any atom is -0.493 e. The van der Waals surface area contributed by atoms with Crippen LogP contribution in [0.1, 0.15) is 28.5 Å². The molecular formula is C24H19F2N3O4S. The zero-order valence-corrected chi connectivity index (χ0v) is 18.8. The quantitative estimate of drug-likeness (QED) is 0.451. The fourth-order valence-corrected chi connectivity index (χ4v) is 4.29. The van der Waals surface area contributed by atoms with E-state index in [-0.39, 0.29) is 18.1 Å². The molecule has 0 aliphatic carbocycles. The Bertz CT molecular complexity index is 1240. The molecule has 2 heterocycles. The van der Waals surface area contributed by atoms with E-state index in [9.17, 15) is 18.8 Å². The summed E-state index contributed by atoms with van der Waals surface area (Å²) in [7, 11) is 1.35. The van der Waals surface area contributed by atoms with Crippen molar-refractivity contribution >= 4 is 23.0 Å². The van der Waals surface area contributed by atoms with Gasteiger partial charge in [0.1, 0.15) is 11.8 Å². The van der Waals surface area contributed by atoms with Crippen molar-refractivity contribution in [1.82, 2.24) is 5.01 Å². The van der Waals surface area contributed by atoms with E-state index in [4.69, 9.17) is 9.47 Å². The van der Waals surface area contributed by atoms with E-state index in [1.807, 2.05) is 23.6 Å². The van der Waals surface area contributed by atoms with Crippen LogP contribution >= 0.6 is 11.3 Å². The Kier molecular flexibility index (Phi) is 7.04. The van der Waals surface area contributed by atoms with Gasteiger partial charge in [-0.2, -0.15) is 19.1 Å². The monoisotopic (exact) mass is 483 g/mol. The van der Waals surface area contributed by atoms with Gasteiger partial charge in [0.25, 0.3) is 5.91 Å². The number of amides is 1. The number of carbonyl (C=O) groups is 1. The van der Waals surface area contributed by atoms with Gasteiger partial charge in [-0.05, 0) is 41.3 Å². The largest absolute Gasteiger partial charge is 0.493 e. The lowest BCUT2D eigenvalue weighted by Gasteiger charge is -2.23. The van der Waals surface area contributed by atoms with Crippen molar-refractivity contribution in [2.45, 2.75) is 19.1 Å². The highest BCUT2D eigenvalue weighted by molar-refractivity contribution is 7.12. The van der Waals surface area contributed by atoms with E-state index in [0.717, 1.165) is 10.6 Å². The molecule has 0 spiro atoms. The molecule has 1 aliphatic heterocycles. The van der Waals surface area contributed by atoms with Crippen LogP contribution in [0.5, 0.6) is 17.2 Å². The van der Waals surface area contributed by atoms with Gasteiger partial charge in [0.05, 0.1) is 29.3 Å². The van der Waals surface area contributed by atoms with Gasteiger partial charge in [0.15, 0.2) is 18.1 Å². The van der Waals surface area contributed by atoms with Gasteiger partial charge in [-0.3, -0.25) is 4.79 Å². The fraction of sp³-hybridized carbons (Fsp3) is 0.208. The summed E-state index contributed by atoms with van der Waals surface area (Å²) in [5.74, 6) is -0.107. The van der Waals surface area contributed by atoms with Crippen molar-refractivity contribution in [3.63, 3.8) is 0 Å². The van der Waals surface area contributed by atoms with Gasteiger partial charge >= 0.3 is 6.61 Å². The molecular weight excluding hydrogens is 464 g/mol. The van der Waals surface area contributed by atoms with E-state index < -0.39 is 18.6 Å². The van der Waals surface area contributed by atoms with Crippen molar-refractivity contribution in [1.29, 1.82) is 5.26 Å². The van der Waals surface area contributed by atoms with Crippen LogP contribution in [0, 0.1) is 11.3 Å². The number of thiophene rings is 1. The van der Waals surface area contributed by atoms with Crippen LogP contribution in [0.25, 0.3) is 0 Å². The fourth-order valence-electron chi connectivity index (χ4n) is 3.57. The van der Waals surface area contributed by atoms with Gasteiger partial charge in [-0.25, -0.2) is 5.01 Å². The lowest BCUT2D eigenvalue weighted by molar-refractivity contribution is -0.135. The number of nitrogens with zero attached hydrogens (tertiary/aromatic N) is 3. The molecule has 7 nitrogen and oxygen atoms in total. The second kappa shape index (κ2) is 10.3. The standard InChI is InChI=1S/C24H19F2N3O4S/c1-31-21-11-15(8-9-20(21)33-24(25)26)18-12-17(22-7-4-10-34-22)28-29(18)23(30)14-32-19-6-3-2-5-16(19)13-27/h2-11,18,24H,12,14H2,1H3. The Morgan fingerprint density at radius 3 is 2.74 bits per heavy atom. The Morgan fingerprint density at radius 1 is 1.21 bits per heavy atom. The third-order valence-electron chi connectivity index (χ3n) is 5.12. The van der Waals surface area contributed by atoms with Crippen molar-refractivity contribution < 1.29 is 27.8 Å². The van der Waals surface area contributed by atoms with E-state index in [0.29, 0.717) is 23.3 Å². The van der Waals surface area contributed by atoms with Crippen LogP contribution < -0.4 is 14.2 Å². The smallest absolute Gasteiger partial charge is 0.387 e. The molecule has 0 saturated heterocycles. The molecule has 0 fully saturated rings. The second-order valence-electron chi connectivity index (χ2n) is 7.17. The third-order valence-corrected chi connectivity index (χ3v) is 6.04. The first-order chi connectivity index (χ1) is 16.5. The molecule has 0 bridgehead atoms. The summed E-state index contributed by atoms with van der Waals surface area (Å²) >= 11 is 1.50. The third kappa shape index (κ3) is 5.00. The van der Waals surface area contributed by atoms with E-state index in [1.165, 1.54) is 29.5 Å². The molecule has 0 N–H and O–H groups in total. The Hall–Kier alpha value is -3.97. The van der Waals surface area contributed by atoms with Crippen LogP contribution in [0.2, 0.25) is 0 Å². The highest BCUT2D eigenvalue weighted by Gasteiger charge is 2.34. The van der Waals surface area contributed by atoms with Crippen molar-refractivity contribution in [3.05, 3.63) is 76.0 Å². The first-order valence-corrected chi connectivity index (χ1v) is 11.1. The molecule has 3 aromatic rings. The number of rotatable bonds is 8. The predicted octanol–water partition coefficient (Wildman–Crippen LogP) is 4.99.